The van der Waals surface area contributed by atoms with Gasteiger partial charge in [-0.2, -0.15) is 0 Å². The summed E-state index contributed by atoms with van der Waals surface area (Å²) >= 11 is 0. The van der Waals surface area contributed by atoms with E-state index in [4.69, 9.17) is 5.73 Å². The van der Waals surface area contributed by atoms with Crippen molar-refractivity contribution in [2.24, 2.45) is 5.73 Å². The fourth-order valence-corrected chi connectivity index (χ4v) is 3.20. The van der Waals surface area contributed by atoms with Crippen LogP contribution in [0.25, 0.3) is 0 Å². The Hall–Kier alpha value is -0.670. The third-order valence-electron chi connectivity index (χ3n) is 2.93. The van der Waals surface area contributed by atoms with Crippen LogP contribution in [0.1, 0.15) is 42.5 Å². The highest BCUT2D eigenvalue weighted by Gasteiger charge is 2.12. The molecule has 17 heavy (non-hydrogen) atoms. The highest BCUT2D eigenvalue weighted by Crippen LogP contribution is 2.18. The quantitative estimate of drug-likeness (QED) is 0.847. The predicted molar refractivity (Wildman–Crippen MR) is 75.6 cm³/mol. The fraction of sp³-hybridized carbons (Fsp3) is 0.571. The summed E-state index contributed by atoms with van der Waals surface area (Å²) in [5.41, 5.74) is 9.68. The Bertz CT molecular complexity index is 390. The molecule has 0 fully saturated rings. The summed E-state index contributed by atoms with van der Waals surface area (Å²) < 4.78 is 11.8. The van der Waals surface area contributed by atoms with Crippen LogP contribution in [0.3, 0.4) is 0 Å². The van der Waals surface area contributed by atoms with E-state index in [2.05, 4.69) is 39.0 Å². The minimum Gasteiger partial charge on any atom is -0.323 e. The maximum Gasteiger partial charge on any atom is 0.0428 e. The normalized spacial score (nSPS) is 14.6. The molecule has 2 N–H and O–H groups in total. The number of aryl methyl sites for hydroxylation is 2. The van der Waals surface area contributed by atoms with Crippen molar-refractivity contribution >= 4 is 10.8 Å². The molecule has 0 aliphatic heterocycles. The van der Waals surface area contributed by atoms with Crippen LogP contribution in [0, 0.1) is 13.8 Å². The smallest absolute Gasteiger partial charge is 0.0428 e. The van der Waals surface area contributed by atoms with Gasteiger partial charge >= 0.3 is 0 Å². The topological polar surface area (TPSA) is 43.1 Å². The van der Waals surface area contributed by atoms with Crippen molar-refractivity contribution in [3.63, 3.8) is 0 Å². The van der Waals surface area contributed by atoms with E-state index in [1.54, 1.807) is 0 Å². The van der Waals surface area contributed by atoms with Gasteiger partial charge in [0.25, 0.3) is 0 Å². The van der Waals surface area contributed by atoms with E-state index in [0.29, 0.717) is 5.75 Å². The summed E-state index contributed by atoms with van der Waals surface area (Å²) in [6.07, 6.45) is 2.11. The average molecular weight is 253 g/mol. The molecular weight excluding hydrogens is 230 g/mol. The molecule has 0 aliphatic rings. The Kier molecular flexibility index (Phi) is 5.86. The predicted octanol–water partition coefficient (Wildman–Crippen LogP) is 2.85. The van der Waals surface area contributed by atoms with Crippen LogP contribution in [0.15, 0.2) is 18.2 Å². The fourth-order valence-electron chi connectivity index (χ4n) is 1.84. The van der Waals surface area contributed by atoms with Crippen LogP contribution in [0.4, 0.5) is 0 Å². The summed E-state index contributed by atoms with van der Waals surface area (Å²) in [6, 6.07) is 6.17. The van der Waals surface area contributed by atoms with Crippen molar-refractivity contribution in [3.05, 3.63) is 34.9 Å². The maximum absolute atomic E-state index is 11.8. The molecule has 1 aromatic carbocycles. The first-order chi connectivity index (χ1) is 8.04. The molecule has 2 unspecified atom stereocenters. The molecule has 0 amide bonds. The first-order valence-electron chi connectivity index (χ1n) is 6.22. The average Bonchev–Trinajstić information content (AvgIpc) is 2.29. The Morgan fingerprint density at radius 3 is 2.71 bits per heavy atom. The van der Waals surface area contributed by atoms with Gasteiger partial charge in [-0.25, -0.2) is 0 Å². The number of unbranched alkanes of at least 4 members (excludes halogenated alkanes) is 1. The summed E-state index contributed by atoms with van der Waals surface area (Å²) in [6.45, 7) is 6.23. The van der Waals surface area contributed by atoms with Gasteiger partial charge in [0.1, 0.15) is 0 Å². The highest BCUT2D eigenvalue weighted by molar-refractivity contribution is 7.85. The molecule has 1 aromatic rings. The van der Waals surface area contributed by atoms with E-state index in [1.807, 2.05) is 0 Å². The third-order valence-corrected chi connectivity index (χ3v) is 4.40. The molecule has 0 radical (unpaired) electrons. The molecule has 96 valence electrons. The molecule has 0 saturated carbocycles. The summed E-state index contributed by atoms with van der Waals surface area (Å²) in [5, 5.41) is 0. The number of hydrogen-bond acceptors (Lipinski definition) is 2. The number of hydrogen-bond donors (Lipinski definition) is 1. The lowest BCUT2D eigenvalue weighted by atomic mass is 10.0. The van der Waals surface area contributed by atoms with Crippen molar-refractivity contribution in [1.82, 2.24) is 0 Å². The molecule has 0 spiro atoms. The molecule has 0 saturated heterocycles. The van der Waals surface area contributed by atoms with Gasteiger partial charge in [0.2, 0.25) is 0 Å². The lowest BCUT2D eigenvalue weighted by Gasteiger charge is -2.15. The molecule has 3 heteroatoms. The zero-order valence-corrected chi connectivity index (χ0v) is 11.8. The van der Waals surface area contributed by atoms with Crippen molar-refractivity contribution in [1.29, 1.82) is 0 Å². The monoisotopic (exact) mass is 253 g/mol. The lowest BCUT2D eigenvalue weighted by molar-refractivity contribution is 0.671. The van der Waals surface area contributed by atoms with E-state index in [0.717, 1.165) is 24.2 Å². The molecule has 0 heterocycles. The summed E-state index contributed by atoms with van der Waals surface area (Å²) in [5.74, 6) is 1.35. The van der Waals surface area contributed by atoms with Gasteiger partial charge in [0.05, 0.1) is 0 Å². The van der Waals surface area contributed by atoms with E-state index < -0.39 is 10.8 Å². The van der Waals surface area contributed by atoms with Crippen LogP contribution < -0.4 is 5.73 Å². The molecule has 1 rings (SSSR count). The van der Waals surface area contributed by atoms with E-state index in [1.165, 1.54) is 11.1 Å². The van der Waals surface area contributed by atoms with Crippen molar-refractivity contribution in [2.45, 2.75) is 39.7 Å². The standard InChI is InChI=1S/C14H23NOS/c1-4-5-8-17(16)10-14(15)13-9-11(2)6-7-12(13)3/h6-7,9,14H,4-5,8,10,15H2,1-3H3. The maximum atomic E-state index is 11.8. The van der Waals surface area contributed by atoms with Crippen LogP contribution in [-0.4, -0.2) is 15.7 Å². The van der Waals surface area contributed by atoms with Gasteiger partial charge in [0.15, 0.2) is 0 Å². The Labute approximate surface area is 107 Å². The van der Waals surface area contributed by atoms with Gasteiger partial charge in [-0.05, 0) is 31.4 Å². The van der Waals surface area contributed by atoms with Crippen molar-refractivity contribution in [2.75, 3.05) is 11.5 Å². The number of nitrogens with two attached hydrogens (primary N) is 1. The highest BCUT2D eigenvalue weighted by atomic mass is 32.2. The Balaban J connectivity index is 2.66. The molecule has 2 atom stereocenters. The Morgan fingerprint density at radius 2 is 2.06 bits per heavy atom. The molecule has 0 aliphatic carbocycles. The molecule has 2 nitrogen and oxygen atoms in total. The number of rotatable bonds is 6. The van der Waals surface area contributed by atoms with E-state index in [-0.39, 0.29) is 6.04 Å². The van der Waals surface area contributed by atoms with Gasteiger partial charge in [-0.3, -0.25) is 4.21 Å². The van der Waals surface area contributed by atoms with Crippen LogP contribution in [0.2, 0.25) is 0 Å². The lowest BCUT2D eigenvalue weighted by Crippen LogP contribution is -2.20. The van der Waals surface area contributed by atoms with E-state index in [9.17, 15) is 4.21 Å². The molecule has 0 aromatic heterocycles. The SMILES string of the molecule is CCCCS(=O)CC(N)c1cc(C)ccc1C. The second-order valence-corrected chi connectivity index (χ2v) is 6.25. The van der Waals surface area contributed by atoms with Crippen LogP contribution >= 0.6 is 0 Å². The molecule has 0 bridgehead atoms. The van der Waals surface area contributed by atoms with E-state index >= 15 is 0 Å². The Morgan fingerprint density at radius 1 is 1.35 bits per heavy atom. The summed E-state index contributed by atoms with van der Waals surface area (Å²) in [4.78, 5) is 0. The van der Waals surface area contributed by atoms with Gasteiger partial charge in [-0.15, -0.1) is 0 Å². The first-order valence-corrected chi connectivity index (χ1v) is 7.71. The van der Waals surface area contributed by atoms with Gasteiger partial charge < -0.3 is 5.73 Å². The second kappa shape index (κ2) is 6.92. The van der Waals surface area contributed by atoms with Crippen molar-refractivity contribution in [3.8, 4) is 0 Å². The third kappa shape index (κ3) is 4.60. The molecular formula is C14H23NOS. The first kappa shape index (κ1) is 14.4. The van der Waals surface area contributed by atoms with Crippen molar-refractivity contribution < 1.29 is 4.21 Å². The largest absolute Gasteiger partial charge is 0.323 e. The second-order valence-electron chi connectivity index (χ2n) is 4.63. The number of benzene rings is 1. The van der Waals surface area contributed by atoms with Crippen LogP contribution in [-0.2, 0) is 10.8 Å². The summed E-state index contributed by atoms with van der Waals surface area (Å²) in [7, 11) is -0.790. The minimum absolute atomic E-state index is 0.104. The van der Waals surface area contributed by atoms with Gasteiger partial charge in [-0.1, -0.05) is 37.1 Å². The van der Waals surface area contributed by atoms with Crippen LogP contribution in [0.5, 0.6) is 0 Å². The zero-order chi connectivity index (χ0) is 12.8. The zero-order valence-electron chi connectivity index (χ0n) is 11.0. The van der Waals surface area contributed by atoms with Gasteiger partial charge in [0, 0.05) is 28.3 Å². The minimum atomic E-state index is -0.790.